The fraction of sp³-hybridized carbons (Fsp3) is 0.538. The van der Waals surface area contributed by atoms with Crippen LogP contribution in [-0.4, -0.2) is 11.7 Å². The molecule has 0 unspecified atom stereocenters. The zero-order valence-corrected chi connectivity index (χ0v) is 9.38. The monoisotopic (exact) mass is 223 g/mol. The molecule has 1 fully saturated rings. The second-order valence-corrected chi connectivity index (χ2v) is 4.68. The number of aromatic hydroxyl groups is 1. The van der Waals surface area contributed by atoms with Gasteiger partial charge in [-0.1, -0.05) is 31.4 Å². The molecule has 0 radical (unpaired) electrons. The summed E-state index contributed by atoms with van der Waals surface area (Å²) in [5.74, 6) is -0.759. The van der Waals surface area contributed by atoms with Crippen molar-refractivity contribution in [3.63, 3.8) is 0 Å². The summed E-state index contributed by atoms with van der Waals surface area (Å²) < 4.78 is 13.3. The standard InChI is InChI=1S/C13H18FNO/c14-11-6-4-5-10(12(11)16)13(9-15)7-2-1-3-8-13/h4-6,16H,1-3,7-9,15H2. The third-order valence-electron chi connectivity index (χ3n) is 3.76. The van der Waals surface area contributed by atoms with Crippen molar-refractivity contribution in [1.82, 2.24) is 0 Å². The fourth-order valence-electron chi connectivity index (χ4n) is 2.76. The highest BCUT2D eigenvalue weighted by atomic mass is 19.1. The molecule has 0 amide bonds. The first-order valence-corrected chi connectivity index (χ1v) is 5.88. The molecular weight excluding hydrogens is 205 g/mol. The Balaban J connectivity index is 2.43. The Labute approximate surface area is 95.3 Å². The van der Waals surface area contributed by atoms with Gasteiger partial charge in [0.25, 0.3) is 0 Å². The third-order valence-corrected chi connectivity index (χ3v) is 3.76. The van der Waals surface area contributed by atoms with E-state index in [1.807, 2.05) is 0 Å². The van der Waals surface area contributed by atoms with Crippen LogP contribution in [0, 0.1) is 5.82 Å². The van der Waals surface area contributed by atoms with E-state index in [0.29, 0.717) is 12.1 Å². The van der Waals surface area contributed by atoms with Crippen molar-refractivity contribution in [2.24, 2.45) is 5.73 Å². The van der Waals surface area contributed by atoms with Gasteiger partial charge in [0.1, 0.15) is 0 Å². The van der Waals surface area contributed by atoms with Crippen LogP contribution >= 0.6 is 0 Å². The Bertz CT molecular complexity index is 372. The van der Waals surface area contributed by atoms with Crippen LogP contribution in [0.4, 0.5) is 4.39 Å². The van der Waals surface area contributed by atoms with Crippen molar-refractivity contribution in [2.75, 3.05) is 6.54 Å². The number of phenols is 1. The topological polar surface area (TPSA) is 46.2 Å². The maximum atomic E-state index is 13.3. The van der Waals surface area contributed by atoms with Crippen LogP contribution < -0.4 is 5.73 Å². The fourth-order valence-corrected chi connectivity index (χ4v) is 2.76. The van der Waals surface area contributed by atoms with Gasteiger partial charge in [-0.25, -0.2) is 4.39 Å². The quantitative estimate of drug-likeness (QED) is 0.809. The largest absolute Gasteiger partial charge is 0.505 e. The molecule has 0 aliphatic heterocycles. The summed E-state index contributed by atoms with van der Waals surface area (Å²) in [6.45, 7) is 0.476. The maximum absolute atomic E-state index is 13.3. The minimum atomic E-state index is -0.545. The normalized spacial score (nSPS) is 19.6. The van der Waals surface area contributed by atoms with Gasteiger partial charge in [0.2, 0.25) is 0 Å². The molecule has 0 bridgehead atoms. The number of hydrogen-bond acceptors (Lipinski definition) is 2. The first-order valence-electron chi connectivity index (χ1n) is 5.88. The zero-order valence-electron chi connectivity index (χ0n) is 9.38. The lowest BCUT2D eigenvalue weighted by atomic mass is 9.69. The third kappa shape index (κ3) is 1.80. The molecule has 1 aliphatic rings. The first-order chi connectivity index (χ1) is 7.69. The Hall–Kier alpha value is -1.09. The molecule has 1 aromatic carbocycles. The lowest BCUT2D eigenvalue weighted by Gasteiger charge is -2.37. The number of benzene rings is 1. The van der Waals surface area contributed by atoms with Gasteiger partial charge in [0.05, 0.1) is 0 Å². The van der Waals surface area contributed by atoms with Crippen LogP contribution in [0.2, 0.25) is 0 Å². The van der Waals surface area contributed by atoms with Crippen molar-refractivity contribution in [1.29, 1.82) is 0 Å². The van der Waals surface area contributed by atoms with E-state index in [-0.39, 0.29) is 11.2 Å². The Morgan fingerprint density at radius 1 is 1.25 bits per heavy atom. The predicted molar refractivity (Wildman–Crippen MR) is 61.9 cm³/mol. The molecule has 0 spiro atoms. The van der Waals surface area contributed by atoms with E-state index < -0.39 is 5.82 Å². The number of nitrogens with two attached hydrogens (primary N) is 1. The molecule has 1 aliphatic carbocycles. The summed E-state index contributed by atoms with van der Waals surface area (Å²) in [6, 6.07) is 4.73. The lowest BCUT2D eigenvalue weighted by molar-refractivity contribution is 0.287. The van der Waals surface area contributed by atoms with Gasteiger partial charge < -0.3 is 10.8 Å². The van der Waals surface area contributed by atoms with Gasteiger partial charge in [-0.2, -0.15) is 0 Å². The summed E-state index contributed by atoms with van der Waals surface area (Å²) >= 11 is 0. The van der Waals surface area contributed by atoms with E-state index in [2.05, 4.69) is 0 Å². The summed E-state index contributed by atoms with van der Waals surface area (Å²) in [6.07, 6.45) is 5.30. The molecule has 1 aromatic rings. The zero-order chi connectivity index (χ0) is 11.6. The highest BCUT2D eigenvalue weighted by Crippen LogP contribution is 2.42. The highest BCUT2D eigenvalue weighted by molar-refractivity contribution is 5.40. The molecule has 2 rings (SSSR count). The average molecular weight is 223 g/mol. The van der Waals surface area contributed by atoms with Crippen molar-refractivity contribution < 1.29 is 9.50 Å². The van der Waals surface area contributed by atoms with Crippen LogP contribution in [0.5, 0.6) is 5.75 Å². The molecule has 0 heterocycles. The van der Waals surface area contributed by atoms with E-state index in [1.165, 1.54) is 12.5 Å². The van der Waals surface area contributed by atoms with Gasteiger partial charge in [-0.05, 0) is 18.9 Å². The smallest absolute Gasteiger partial charge is 0.165 e. The maximum Gasteiger partial charge on any atom is 0.165 e. The summed E-state index contributed by atoms with van der Waals surface area (Å²) in [4.78, 5) is 0. The number of rotatable bonds is 2. The van der Waals surface area contributed by atoms with Crippen LogP contribution in [0.25, 0.3) is 0 Å². The van der Waals surface area contributed by atoms with E-state index in [4.69, 9.17) is 5.73 Å². The number of halogens is 1. The summed E-state index contributed by atoms with van der Waals surface area (Å²) in [5, 5.41) is 9.82. The van der Waals surface area contributed by atoms with Gasteiger partial charge in [0.15, 0.2) is 11.6 Å². The Morgan fingerprint density at radius 2 is 1.94 bits per heavy atom. The second-order valence-electron chi connectivity index (χ2n) is 4.68. The van der Waals surface area contributed by atoms with Crippen molar-refractivity contribution in [2.45, 2.75) is 37.5 Å². The van der Waals surface area contributed by atoms with E-state index in [9.17, 15) is 9.50 Å². The van der Waals surface area contributed by atoms with Gasteiger partial charge in [-0.15, -0.1) is 0 Å². The highest BCUT2D eigenvalue weighted by Gasteiger charge is 2.35. The molecule has 0 atom stereocenters. The van der Waals surface area contributed by atoms with Crippen molar-refractivity contribution in [3.8, 4) is 5.75 Å². The Morgan fingerprint density at radius 3 is 2.56 bits per heavy atom. The van der Waals surface area contributed by atoms with Gasteiger partial charge >= 0.3 is 0 Å². The van der Waals surface area contributed by atoms with Crippen LogP contribution in [0.15, 0.2) is 18.2 Å². The van der Waals surface area contributed by atoms with Crippen LogP contribution in [0.3, 0.4) is 0 Å². The van der Waals surface area contributed by atoms with Crippen molar-refractivity contribution >= 4 is 0 Å². The SMILES string of the molecule is NCC1(c2cccc(F)c2O)CCCCC1. The van der Waals surface area contributed by atoms with E-state index in [1.54, 1.807) is 12.1 Å². The van der Waals surface area contributed by atoms with E-state index in [0.717, 1.165) is 25.7 Å². The first kappa shape index (κ1) is 11.4. The van der Waals surface area contributed by atoms with Crippen LogP contribution in [0.1, 0.15) is 37.7 Å². The summed E-state index contributed by atoms with van der Waals surface area (Å²) in [5.41, 5.74) is 6.33. The molecule has 2 nitrogen and oxygen atoms in total. The van der Waals surface area contributed by atoms with Gasteiger partial charge in [-0.3, -0.25) is 0 Å². The lowest BCUT2D eigenvalue weighted by Crippen LogP contribution is -2.37. The second kappa shape index (κ2) is 4.42. The minimum absolute atomic E-state index is 0.213. The molecular formula is C13H18FNO. The molecule has 3 N–H and O–H groups in total. The molecule has 0 aromatic heterocycles. The average Bonchev–Trinajstić information content (AvgIpc) is 2.33. The minimum Gasteiger partial charge on any atom is -0.505 e. The molecule has 0 saturated heterocycles. The Kier molecular flexibility index (Phi) is 3.15. The molecule has 16 heavy (non-hydrogen) atoms. The molecule has 88 valence electrons. The molecule has 3 heteroatoms. The van der Waals surface area contributed by atoms with Gasteiger partial charge in [0, 0.05) is 17.5 Å². The summed E-state index contributed by atoms with van der Waals surface area (Å²) in [7, 11) is 0. The number of phenolic OH excluding ortho intramolecular Hbond substituents is 1. The van der Waals surface area contributed by atoms with E-state index >= 15 is 0 Å². The predicted octanol–water partition coefficient (Wildman–Crippen LogP) is 2.69. The van der Waals surface area contributed by atoms with Crippen molar-refractivity contribution in [3.05, 3.63) is 29.6 Å². The number of para-hydroxylation sites is 1. The van der Waals surface area contributed by atoms with Crippen LogP contribution in [-0.2, 0) is 5.41 Å². The molecule has 1 saturated carbocycles. The number of hydrogen-bond donors (Lipinski definition) is 2.